The van der Waals surface area contributed by atoms with Gasteiger partial charge in [0.15, 0.2) is 0 Å². The summed E-state index contributed by atoms with van der Waals surface area (Å²) in [6.07, 6.45) is 8.32. The highest BCUT2D eigenvalue weighted by atomic mass is 16.6. The van der Waals surface area contributed by atoms with E-state index in [0.29, 0.717) is 24.4 Å². The van der Waals surface area contributed by atoms with Gasteiger partial charge in [0.2, 0.25) is 0 Å². The van der Waals surface area contributed by atoms with Gasteiger partial charge in [-0.05, 0) is 68.6 Å². The van der Waals surface area contributed by atoms with Crippen molar-refractivity contribution in [3.63, 3.8) is 0 Å². The van der Waals surface area contributed by atoms with Crippen LogP contribution in [0.15, 0.2) is 0 Å². The average Bonchev–Trinajstić information content (AvgIpc) is 3.49. The molecule has 10 unspecified atom stereocenters. The molecule has 3 aliphatic carbocycles. The molecule has 5 aliphatic rings. The molecule has 0 radical (unpaired) electrons. The summed E-state index contributed by atoms with van der Waals surface area (Å²) < 4.78 is 17.2. The van der Waals surface area contributed by atoms with Gasteiger partial charge in [-0.2, -0.15) is 0 Å². The standard InChI is InChI=1S/C25H36O6/c1-4-25(12-15-11-18(25)17-9-5-8-16(15)17)31-22(26)14(3)19-20(24(28)30-23(19)27)21-13(2)7-6-10-29-21/h13-21H,4-12H2,1-3H3. The van der Waals surface area contributed by atoms with Gasteiger partial charge in [0.25, 0.3) is 0 Å². The van der Waals surface area contributed by atoms with E-state index in [1.807, 2.05) is 6.92 Å². The summed E-state index contributed by atoms with van der Waals surface area (Å²) >= 11 is 0. The van der Waals surface area contributed by atoms with E-state index in [-0.39, 0.29) is 18.0 Å². The number of cyclic esters (lactones) is 2. The fraction of sp³-hybridized carbons (Fsp3) is 0.880. The van der Waals surface area contributed by atoms with E-state index >= 15 is 0 Å². The highest BCUT2D eigenvalue weighted by molar-refractivity contribution is 5.99. The Morgan fingerprint density at radius 3 is 2.68 bits per heavy atom. The van der Waals surface area contributed by atoms with Crippen molar-refractivity contribution in [2.45, 2.75) is 83.8 Å². The molecule has 2 heterocycles. The Hall–Kier alpha value is -1.43. The van der Waals surface area contributed by atoms with Crippen LogP contribution >= 0.6 is 0 Å². The fourth-order valence-electron chi connectivity index (χ4n) is 8.04. The molecule has 6 heteroatoms. The van der Waals surface area contributed by atoms with Crippen LogP contribution < -0.4 is 0 Å². The first kappa shape index (κ1) is 21.4. The minimum Gasteiger partial charge on any atom is -0.459 e. The minimum atomic E-state index is -0.822. The molecule has 6 nitrogen and oxygen atoms in total. The van der Waals surface area contributed by atoms with Gasteiger partial charge in [-0.1, -0.05) is 27.2 Å². The van der Waals surface area contributed by atoms with Gasteiger partial charge in [-0.15, -0.1) is 0 Å². The molecule has 2 aliphatic heterocycles. The lowest BCUT2D eigenvalue weighted by atomic mass is 9.71. The van der Waals surface area contributed by atoms with Crippen molar-refractivity contribution in [3.8, 4) is 0 Å². The van der Waals surface area contributed by atoms with Gasteiger partial charge in [-0.25, -0.2) is 0 Å². The number of esters is 3. The van der Waals surface area contributed by atoms with Crippen LogP contribution in [0.1, 0.15) is 72.1 Å². The maximum atomic E-state index is 13.4. The zero-order valence-electron chi connectivity index (χ0n) is 19.0. The van der Waals surface area contributed by atoms with E-state index in [2.05, 4.69) is 6.92 Å². The van der Waals surface area contributed by atoms with E-state index in [1.165, 1.54) is 25.7 Å². The Labute approximate surface area is 184 Å². The topological polar surface area (TPSA) is 78.9 Å². The van der Waals surface area contributed by atoms with Gasteiger partial charge in [-0.3, -0.25) is 14.4 Å². The number of hydrogen-bond acceptors (Lipinski definition) is 6. The van der Waals surface area contributed by atoms with Crippen LogP contribution in [0.2, 0.25) is 0 Å². The highest BCUT2D eigenvalue weighted by Crippen LogP contribution is 2.64. The van der Waals surface area contributed by atoms with Crippen molar-refractivity contribution in [1.82, 2.24) is 0 Å². The summed E-state index contributed by atoms with van der Waals surface area (Å²) in [5.41, 5.74) is -0.405. The Morgan fingerprint density at radius 1 is 1.16 bits per heavy atom. The third-order valence-corrected chi connectivity index (χ3v) is 9.56. The van der Waals surface area contributed by atoms with Gasteiger partial charge >= 0.3 is 17.9 Å². The number of rotatable bonds is 5. The van der Waals surface area contributed by atoms with Crippen LogP contribution in [0.4, 0.5) is 0 Å². The second-order valence-electron chi connectivity index (χ2n) is 10.9. The summed E-state index contributed by atoms with van der Waals surface area (Å²) in [6.45, 7) is 6.46. The van der Waals surface area contributed by atoms with Gasteiger partial charge in [0.05, 0.1) is 23.9 Å². The largest absolute Gasteiger partial charge is 0.459 e. The molecular weight excluding hydrogens is 396 g/mol. The van der Waals surface area contributed by atoms with Gasteiger partial charge < -0.3 is 14.2 Å². The van der Waals surface area contributed by atoms with Crippen molar-refractivity contribution in [2.75, 3.05) is 6.61 Å². The van der Waals surface area contributed by atoms with E-state index in [0.717, 1.165) is 31.6 Å². The normalized spacial score (nSPS) is 47.3. The number of hydrogen-bond donors (Lipinski definition) is 0. The molecule has 0 N–H and O–H groups in total. The molecule has 5 fully saturated rings. The van der Waals surface area contributed by atoms with Crippen LogP contribution in [-0.2, 0) is 28.6 Å². The Bertz CT molecular complexity index is 763. The first-order valence-corrected chi connectivity index (χ1v) is 12.5. The monoisotopic (exact) mass is 432 g/mol. The maximum Gasteiger partial charge on any atom is 0.320 e. The molecule has 0 aromatic rings. The molecule has 3 saturated carbocycles. The fourth-order valence-corrected chi connectivity index (χ4v) is 8.04. The van der Waals surface area contributed by atoms with E-state index in [9.17, 15) is 14.4 Å². The molecule has 172 valence electrons. The van der Waals surface area contributed by atoms with E-state index in [1.54, 1.807) is 6.92 Å². The van der Waals surface area contributed by atoms with E-state index < -0.39 is 35.3 Å². The average molecular weight is 433 g/mol. The second kappa shape index (κ2) is 7.86. The van der Waals surface area contributed by atoms with Crippen LogP contribution in [0.25, 0.3) is 0 Å². The minimum absolute atomic E-state index is 0.148. The van der Waals surface area contributed by atoms with Crippen LogP contribution in [-0.4, -0.2) is 36.2 Å². The molecule has 0 spiro atoms. The molecule has 2 saturated heterocycles. The number of ether oxygens (including phenoxy) is 3. The van der Waals surface area contributed by atoms with Crippen LogP contribution in [0.5, 0.6) is 0 Å². The summed E-state index contributed by atoms with van der Waals surface area (Å²) in [5.74, 6) is -1.00. The first-order valence-electron chi connectivity index (χ1n) is 12.5. The SMILES string of the molecule is CCC1(OC(=O)C(C)C2C(=O)OC(=O)C2C2OCCCC2C)CC2CC1C1CCCC21. The van der Waals surface area contributed by atoms with Crippen molar-refractivity contribution < 1.29 is 28.6 Å². The molecule has 0 aromatic heterocycles. The zero-order valence-corrected chi connectivity index (χ0v) is 19.0. The highest BCUT2D eigenvalue weighted by Gasteiger charge is 2.63. The summed E-state index contributed by atoms with van der Waals surface area (Å²) in [4.78, 5) is 38.6. The summed E-state index contributed by atoms with van der Waals surface area (Å²) in [5, 5.41) is 0. The molecule has 31 heavy (non-hydrogen) atoms. The van der Waals surface area contributed by atoms with Crippen LogP contribution in [0.3, 0.4) is 0 Å². The number of fused-ring (bicyclic) bond motifs is 5. The molecule has 0 aromatic carbocycles. The molecular formula is C25H36O6. The van der Waals surface area contributed by atoms with E-state index in [4.69, 9.17) is 14.2 Å². The zero-order chi connectivity index (χ0) is 21.9. The Morgan fingerprint density at radius 2 is 1.94 bits per heavy atom. The van der Waals surface area contributed by atoms with Crippen LogP contribution in [0, 0.1) is 47.3 Å². The maximum absolute atomic E-state index is 13.4. The number of carbonyl (C=O) groups is 3. The smallest absolute Gasteiger partial charge is 0.320 e. The first-order chi connectivity index (χ1) is 14.9. The Kier molecular flexibility index (Phi) is 5.43. The lowest BCUT2D eigenvalue weighted by Gasteiger charge is -2.42. The molecule has 5 rings (SSSR count). The lowest BCUT2D eigenvalue weighted by Crippen LogP contribution is -2.48. The molecule has 0 amide bonds. The quantitative estimate of drug-likeness (QED) is 0.484. The lowest BCUT2D eigenvalue weighted by molar-refractivity contribution is -0.179. The summed E-state index contributed by atoms with van der Waals surface area (Å²) in [6, 6.07) is 0. The summed E-state index contributed by atoms with van der Waals surface area (Å²) in [7, 11) is 0. The molecule has 10 atom stereocenters. The van der Waals surface area contributed by atoms with Crippen molar-refractivity contribution >= 4 is 17.9 Å². The predicted molar refractivity (Wildman–Crippen MR) is 112 cm³/mol. The van der Waals surface area contributed by atoms with Gasteiger partial charge in [0.1, 0.15) is 5.60 Å². The third kappa shape index (κ3) is 3.27. The third-order valence-electron chi connectivity index (χ3n) is 9.56. The predicted octanol–water partition coefficient (Wildman–Crippen LogP) is 3.90. The second-order valence-corrected chi connectivity index (χ2v) is 10.9. The van der Waals surface area contributed by atoms with Gasteiger partial charge in [0, 0.05) is 12.5 Å². The number of carbonyl (C=O) groups excluding carboxylic acids is 3. The Balaban J connectivity index is 1.34. The molecule has 2 bridgehead atoms. The van der Waals surface area contributed by atoms with Crippen molar-refractivity contribution in [3.05, 3.63) is 0 Å². The van der Waals surface area contributed by atoms with Crippen molar-refractivity contribution in [1.29, 1.82) is 0 Å². The van der Waals surface area contributed by atoms with Crippen molar-refractivity contribution in [2.24, 2.45) is 47.3 Å².